The van der Waals surface area contributed by atoms with E-state index in [9.17, 15) is 14.4 Å². The van der Waals surface area contributed by atoms with Gasteiger partial charge in [0.25, 0.3) is 5.91 Å². The second-order valence-electron chi connectivity index (χ2n) is 12.8. The van der Waals surface area contributed by atoms with E-state index in [-0.39, 0.29) is 17.7 Å². The van der Waals surface area contributed by atoms with Crippen molar-refractivity contribution in [3.8, 4) is 28.0 Å². The molecule has 1 aliphatic rings. The van der Waals surface area contributed by atoms with Crippen LogP contribution in [0.2, 0.25) is 0 Å². The Balaban J connectivity index is 1.54. The number of ether oxygens (including phenoxy) is 1. The third kappa shape index (κ3) is 7.57. The van der Waals surface area contributed by atoms with E-state index < -0.39 is 23.8 Å². The van der Waals surface area contributed by atoms with Gasteiger partial charge in [0, 0.05) is 17.4 Å². The molecule has 0 unspecified atom stereocenters. The molecule has 5 rings (SSSR count). The number of primary amides is 1. The molecule has 3 amide bonds. The second-order valence-corrected chi connectivity index (χ2v) is 12.8. The van der Waals surface area contributed by atoms with Crippen molar-refractivity contribution in [3.05, 3.63) is 108 Å². The molecule has 0 aliphatic carbocycles. The fraction of sp³-hybridized carbons (Fsp3) is 0.325. The Morgan fingerprint density at radius 3 is 2.26 bits per heavy atom. The van der Waals surface area contributed by atoms with E-state index in [0.717, 1.165) is 57.7 Å². The Kier molecular flexibility index (Phi) is 10.8. The summed E-state index contributed by atoms with van der Waals surface area (Å²) in [4.78, 5) is 43.4. The number of carbonyl (C=O) groups is 3. The monoisotopic (exact) mass is 631 g/mol. The minimum absolute atomic E-state index is 0.157. The molecule has 0 saturated heterocycles. The molecule has 0 aromatic heterocycles. The van der Waals surface area contributed by atoms with E-state index in [0.29, 0.717) is 19.4 Å². The molecule has 7 nitrogen and oxygen atoms in total. The Morgan fingerprint density at radius 2 is 1.57 bits per heavy atom. The number of rotatable bonds is 13. The zero-order valence-corrected chi connectivity index (χ0v) is 27.7. The molecular weight excluding hydrogens is 586 g/mol. The van der Waals surface area contributed by atoms with Crippen molar-refractivity contribution < 1.29 is 19.1 Å². The van der Waals surface area contributed by atoms with Gasteiger partial charge in [-0.1, -0.05) is 106 Å². The second kappa shape index (κ2) is 15.1. The molecule has 47 heavy (non-hydrogen) atoms. The van der Waals surface area contributed by atoms with Crippen LogP contribution >= 0.6 is 0 Å². The first-order chi connectivity index (χ1) is 22.7. The highest BCUT2D eigenvalue weighted by atomic mass is 16.5. The maximum Gasteiger partial charge on any atom is 0.254 e. The number of hydrogen-bond donors (Lipinski definition) is 2. The van der Waals surface area contributed by atoms with Crippen molar-refractivity contribution >= 4 is 23.4 Å². The largest absolute Gasteiger partial charge is 0.497 e. The molecule has 0 fully saturated rings. The van der Waals surface area contributed by atoms with Crippen LogP contribution in [0.15, 0.2) is 97.1 Å². The fourth-order valence-corrected chi connectivity index (χ4v) is 6.63. The van der Waals surface area contributed by atoms with Gasteiger partial charge in [-0.3, -0.25) is 14.4 Å². The highest BCUT2D eigenvalue weighted by Gasteiger charge is 2.39. The molecule has 3 N–H and O–H groups in total. The number of carbonyl (C=O) groups excluding carboxylic acids is 3. The predicted molar refractivity (Wildman–Crippen MR) is 188 cm³/mol. The van der Waals surface area contributed by atoms with E-state index in [1.165, 1.54) is 0 Å². The smallest absolute Gasteiger partial charge is 0.254 e. The molecule has 3 atom stereocenters. The Labute approximate surface area is 278 Å². The van der Waals surface area contributed by atoms with Crippen LogP contribution in [0.25, 0.3) is 22.3 Å². The highest BCUT2D eigenvalue weighted by molar-refractivity contribution is 6.06. The van der Waals surface area contributed by atoms with E-state index in [2.05, 4.69) is 18.3 Å². The first-order valence-electron chi connectivity index (χ1n) is 16.5. The molecule has 0 spiro atoms. The minimum atomic E-state index is -0.953. The number of hydrogen-bond acceptors (Lipinski definition) is 4. The number of nitrogens with one attached hydrogen (secondary N) is 1. The molecule has 0 saturated carbocycles. The molecule has 244 valence electrons. The van der Waals surface area contributed by atoms with Crippen molar-refractivity contribution in [2.45, 2.75) is 59.0 Å². The first-order valence-corrected chi connectivity index (χ1v) is 16.5. The normalized spacial score (nSPS) is 15.3. The lowest BCUT2D eigenvalue weighted by Crippen LogP contribution is -2.47. The molecule has 7 heteroatoms. The fourth-order valence-electron chi connectivity index (χ4n) is 6.63. The van der Waals surface area contributed by atoms with Crippen molar-refractivity contribution in [1.82, 2.24) is 5.32 Å². The highest BCUT2D eigenvalue weighted by Crippen LogP contribution is 2.41. The number of anilines is 1. The van der Waals surface area contributed by atoms with Crippen molar-refractivity contribution in [1.29, 1.82) is 0 Å². The lowest BCUT2D eigenvalue weighted by Gasteiger charge is -2.30. The van der Waals surface area contributed by atoms with Crippen LogP contribution in [0.3, 0.4) is 0 Å². The predicted octanol–water partition coefficient (Wildman–Crippen LogP) is 7.69. The summed E-state index contributed by atoms with van der Waals surface area (Å²) in [5.41, 5.74) is 12.2. The summed E-state index contributed by atoms with van der Waals surface area (Å²) in [7, 11) is 1.65. The summed E-state index contributed by atoms with van der Waals surface area (Å²) in [5.74, 6) is -1.34. The third-order valence-corrected chi connectivity index (χ3v) is 9.03. The Bertz CT molecular complexity index is 1710. The van der Waals surface area contributed by atoms with Gasteiger partial charge >= 0.3 is 0 Å². The SMILES string of the molecule is CCCC[C@H](C(N)=O)[C@@H](CC(C)C)C(=O)N[C@@H]1C(=O)N(Cc2cccc(-c3ccc(OC)cc3)c2)c2ccccc2-c2ccccc21. The van der Waals surface area contributed by atoms with E-state index in [4.69, 9.17) is 10.5 Å². The number of fused-ring (bicyclic) bond motifs is 3. The van der Waals surface area contributed by atoms with Gasteiger partial charge in [-0.05, 0) is 70.8 Å². The molecule has 0 bridgehead atoms. The van der Waals surface area contributed by atoms with Crippen LogP contribution in [0.1, 0.15) is 63.6 Å². The van der Waals surface area contributed by atoms with Gasteiger partial charge in [-0.15, -0.1) is 0 Å². The average molecular weight is 632 g/mol. The lowest BCUT2D eigenvalue weighted by atomic mass is 9.81. The van der Waals surface area contributed by atoms with Gasteiger partial charge in [0.15, 0.2) is 0 Å². The van der Waals surface area contributed by atoms with Gasteiger partial charge in [-0.2, -0.15) is 0 Å². The summed E-state index contributed by atoms with van der Waals surface area (Å²) in [6, 6.07) is 30.7. The summed E-state index contributed by atoms with van der Waals surface area (Å²) in [6.07, 6.45) is 2.71. The molecule has 0 radical (unpaired) electrons. The average Bonchev–Trinajstić information content (AvgIpc) is 3.17. The number of para-hydroxylation sites is 1. The van der Waals surface area contributed by atoms with Crippen molar-refractivity contribution in [2.24, 2.45) is 23.5 Å². The number of methoxy groups -OCH3 is 1. The minimum Gasteiger partial charge on any atom is -0.497 e. The summed E-state index contributed by atoms with van der Waals surface area (Å²) < 4.78 is 5.33. The zero-order valence-electron chi connectivity index (χ0n) is 27.7. The van der Waals surface area contributed by atoms with Crippen LogP contribution in [0.5, 0.6) is 5.75 Å². The molecule has 4 aromatic rings. The van der Waals surface area contributed by atoms with Crippen molar-refractivity contribution in [2.75, 3.05) is 12.0 Å². The van der Waals surface area contributed by atoms with Crippen LogP contribution < -0.4 is 20.7 Å². The van der Waals surface area contributed by atoms with E-state index in [1.807, 2.05) is 105 Å². The molecular formula is C40H45N3O4. The standard InChI is InChI=1S/C40H45N3O4/c1-5-6-14-34(38(41)44)35(23-26(2)3)39(45)42-37-33-17-8-7-15-31(33)32-16-9-10-18-36(32)43(40(37)46)25-27-12-11-13-29(24-27)28-19-21-30(47-4)22-20-28/h7-13,15-22,24,26,34-35,37H,5-6,14,23,25H2,1-4H3,(H2,41,44)(H,42,45)/t34-,35+,37-/m0/s1. The third-order valence-electron chi connectivity index (χ3n) is 9.03. The van der Waals surface area contributed by atoms with Gasteiger partial charge in [0.1, 0.15) is 11.8 Å². The van der Waals surface area contributed by atoms with Crippen LogP contribution in [-0.2, 0) is 20.9 Å². The molecule has 1 aliphatic heterocycles. The van der Waals surface area contributed by atoms with Gasteiger partial charge in [-0.25, -0.2) is 0 Å². The first kappa shape index (κ1) is 33.5. The zero-order chi connectivity index (χ0) is 33.5. The van der Waals surface area contributed by atoms with Crippen LogP contribution in [-0.4, -0.2) is 24.8 Å². The Hall–Kier alpha value is -4.91. The van der Waals surface area contributed by atoms with Crippen LogP contribution in [0.4, 0.5) is 5.69 Å². The number of nitrogens with two attached hydrogens (primary N) is 1. The summed E-state index contributed by atoms with van der Waals surface area (Å²) in [5, 5.41) is 3.13. The Morgan fingerprint density at radius 1 is 0.872 bits per heavy atom. The van der Waals surface area contributed by atoms with Gasteiger partial charge < -0.3 is 20.7 Å². The van der Waals surface area contributed by atoms with Crippen LogP contribution in [0, 0.1) is 17.8 Å². The molecule has 4 aromatic carbocycles. The van der Waals surface area contributed by atoms with Gasteiger partial charge in [0.2, 0.25) is 11.8 Å². The van der Waals surface area contributed by atoms with E-state index >= 15 is 0 Å². The van der Waals surface area contributed by atoms with Crippen molar-refractivity contribution in [3.63, 3.8) is 0 Å². The molecule has 1 heterocycles. The maximum atomic E-state index is 14.8. The number of unbranched alkanes of at least 4 members (excludes halogenated alkanes) is 1. The van der Waals surface area contributed by atoms with E-state index in [1.54, 1.807) is 12.0 Å². The number of nitrogens with zero attached hydrogens (tertiary/aromatic N) is 1. The summed E-state index contributed by atoms with van der Waals surface area (Å²) in [6.45, 7) is 6.41. The lowest BCUT2D eigenvalue weighted by molar-refractivity contribution is -0.136. The number of amides is 3. The van der Waals surface area contributed by atoms with Gasteiger partial charge in [0.05, 0.1) is 19.3 Å². The number of benzene rings is 4. The topological polar surface area (TPSA) is 102 Å². The maximum absolute atomic E-state index is 14.8. The quantitative estimate of drug-likeness (QED) is 0.158. The summed E-state index contributed by atoms with van der Waals surface area (Å²) >= 11 is 0.